The van der Waals surface area contributed by atoms with Crippen LogP contribution in [0.2, 0.25) is 0 Å². The lowest BCUT2D eigenvalue weighted by Crippen LogP contribution is -2.54. The molecule has 4 amide bonds. The van der Waals surface area contributed by atoms with Crippen LogP contribution in [0, 0.1) is 10.1 Å². The van der Waals surface area contributed by atoms with Crippen LogP contribution in [0.25, 0.3) is 6.08 Å². The number of nitro groups is 1. The van der Waals surface area contributed by atoms with Crippen molar-refractivity contribution in [3.63, 3.8) is 0 Å². The Morgan fingerprint density at radius 3 is 2.31 bits per heavy atom. The smallest absolute Gasteiger partial charge is 0.335 e. The van der Waals surface area contributed by atoms with E-state index in [1.807, 2.05) is 0 Å². The molecule has 1 N–H and O–H groups in total. The molecule has 0 bridgehead atoms. The number of nitrogens with zero attached hydrogens (tertiary/aromatic N) is 2. The van der Waals surface area contributed by atoms with Crippen LogP contribution in [-0.2, 0) is 9.59 Å². The fraction of sp³-hybridized carbons (Fsp3) is 0.105. The molecule has 0 aromatic heterocycles. The zero-order valence-corrected chi connectivity index (χ0v) is 15.4. The number of hydrogen-bond acceptors (Lipinski definition) is 7. The van der Waals surface area contributed by atoms with Gasteiger partial charge in [0, 0.05) is 6.07 Å². The van der Waals surface area contributed by atoms with Crippen molar-refractivity contribution < 1.29 is 28.8 Å². The molecule has 1 aliphatic rings. The molecule has 10 nitrogen and oxygen atoms in total. The van der Waals surface area contributed by atoms with E-state index in [-0.39, 0.29) is 28.3 Å². The van der Waals surface area contributed by atoms with Crippen molar-refractivity contribution in [2.75, 3.05) is 19.1 Å². The van der Waals surface area contributed by atoms with Gasteiger partial charge in [0.1, 0.15) is 11.3 Å². The zero-order chi connectivity index (χ0) is 21.1. The van der Waals surface area contributed by atoms with E-state index in [2.05, 4.69) is 5.32 Å². The molecule has 0 radical (unpaired) electrons. The number of amides is 4. The SMILES string of the molecule is COc1ccc(N2C(=O)NC(=O)C(=Cc3ccc(OC)c([N+](=O)[O-])c3)C2=O)cc1. The molecule has 1 fully saturated rings. The maximum atomic E-state index is 12.8. The summed E-state index contributed by atoms with van der Waals surface area (Å²) in [5.41, 5.74) is -0.221. The lowest BCUT2D eigenvalue weighted by Gasteiger charge is -2.26. The zero-order valence-electron chi connectivity index (χ0n) is 15.4. The largest absolute Gasteiger partial charge is 0.497 e. The average molecular weight is 397 g/mol. The lowest BCUT2D eigenvalue weighted by atomic mass is 10.1. The van der Waals surface area contributed by atoms with E-state index in [0.29, 0.717) is 5.75 Å². The number of barbiturate groups is 1. The Morgan fingerprint density at radius 1 is 1.03 bits per heavy atom. The molecular formula is C19H15N3O7. The molecule has 148 valence electrons. The highest BCUT2D eigenvalue weighted by Gasteiger charge is 2.36. The Hall–Kier alpha value is -4.21. The van der Waals surface area contributed by atoms with Crippen molar-refractivity contribution in [1.82, 2.24) is 5.32 Å². The highest BCUT2D eigenvalue weighted by molar-refractivity contribution is 6.39. The number of carbonyl (C=O) groups excluding carboxylic acids is 3. The third-order valence-electron chi connectivity index (χ3n) is 4.14. The van der Waals surface area contributed by atoms with Crippen LogP contribution in [0.1, 0.15) is 5.56 Å². The van der Waals surface area contributed by atoms with E-state index in [4.69, 9.17) is 9.47 Å². The lowest BCUT2D eigenvalue weighted by molar-refractivity contribution is -0.385. The molecule has 2 aromatic carbocycles. The van der Waals surface area contributed by atoms with Crippen molar-refractivity contribution >= 4 is 35.3 Å². The van der Waals surface area contributed by atoms with Crippen molar-refractivity contribution in [2.24, 2.45) is 0 Å². The standard InChI is InChI=1S/C19H15N3O7/c1-28-13-6-4-12(5-7-13)21-18(24)14(17(23)20-19(21)25)9-11-3-8-16(29-2)15(10-11)22(26)27/h3-10H,1-2H3,(H,20,23,25). The average Bonchev–Trinajstić information content (AvgIpc) is 2.71. The summed E-state index contributed by atoms with van der Waals surface area (Å²) in [6.45, 7) is 0. The molecule has 0 saturated carbocycles. The number of benzene rings is 2. The summed E-state index contributed by atoms with van der Waals surface area (Å²) in [6, 6.07) is 9.16. The summed E-state index contributed by atoms with van der Waals surface area (Å²) in [6.07, 6.45) is 1.17. The van der Waals surface area contributed by atoms with Crippen LogP contribution in [0.3, 0.4) is 0 Å². The summed E-state index contributed by atoms with van der Waals surface area (Å²) in [5, 5.41) is 13.3. The van der Waals surface area contributed by atoms with E-state index < -0.39 is 22.8 Å². The molecule has 10 heteroatoms. The number of anilines is 1. The van der Waals surface area contributed by atoms with E-state index in [9.17, 15) is 24.5 Å². The minimum Gasteiger partial charge on any atom is -0.497 e. The molecule has 0 atom stereocenters. The summed E-state index contributed by atoms with van der Waals surface area (Å²) in [5.74, 6) is -1.20. The minimum absolute atomic E-state index is 0.0339. The van der Waals surface area contributed by atoms with Gasteiger partial charge in [-0.3, -0.25) is 25.0 Å². The second-order valence-electron chi connectivity index (χ2n) is 5.84. The maximum Gasteiger partial charge on any atom is 0.335 e. The van der Waals surface area contributed by atoms with Gasteiger partial charge in [0.05, 0.1) is 24.8 Å². The van der Waals surface area contributed by atoms with Crippen LogP contribution in [0.4, 0.5) is 16.2 Å². The first-order valence-corrected chi connectivity index (χ1v) is 8.23. The van der Waals surface area contributed by atoms with Gasteiger partial charge in [-0.2, -0.15) is 0 Å². The van der Waals surface area contributed by atoms with Gasteiger partial charge < -0.3 is 9.47 Å². The van der Waals surface area contributed by atoms with Gasteiger partial charge in [0.15, 0.2) is 5.75 Å². The number of imide groups is 2. The van der Waals surface area contributed by atoms with Gasteiger partial charge in [-0.1, -0.05) is 6.07 Å². The highest BCUT2D eigenvalue weighted by atomic mass is 16.6. The fourth-order valence-corrected chi connectivity index (χ4v) is 2.73. The fourth-order valence-electron chi connectivity index (χ4n) is 2.73. The second kappa shape index (κ2) is 7.80. The van der Waals surface area contributed by atoms with Crippen LogP contribution in [0.15, 0.2) is 48.0 Å². The van der Waals surface area contributed by atoms with Crippen LogP contribution in [-0.4, -0.2) is 37.0 Å². The van der Waals surface area contributed by atoms with Crippen molar-refractivity contribution in [1.29, 1.82) is 0 Å². The third-order valence-corrected chi connectivity index (χ3v) is 4.14. The molecule has 29 heavy (non-hydrogen) atoms. The molecular weight excluding hydrogens is 382 g/mol. The van der Waals surface area contributed by atoms with Gasteiger partial charge in [0.2, 0.25) is 0 Å². The van der Waals surface area contributed by atoms with Crippen molar-refractivity contribution in [3.8, 4) is 11.5 Å². The van der Waals surface area contributed by atoms with Crippen molar-refractivity contribution in [2.45, 2.75) is 0 Å². The number of rotatable bonds is 5. The number of methoxy groups -OCH3 is 2. The summed E-state index contributed by atoms with van der Waals surface area (Å²) >= 11 is 0. The number of ether oxygens (including phenoxy) is 2. The van der Waals surface area contributed by atoms with E-state index in [1.165, 1.54) is 50.6 Å². The van der Waals surface area contributed by atoms with Crippen LogP contribution >= 0.6 is 0 Å². The highest BCUT2D eigenvalue weighted by Crippen LogP contribution is 2.29. The van der Waals surface area contributed by atoms with E-state index >= 15 is 0 Å². The van der Waals surface area contributed by atoms with E-state index in [0.717, 1.165) is 4.90 Å². The Bertz CT molecular complexity index is 1040. The van der Waals surface area contributed by atoms with Crippen molar-refractivity contribution in [3.05, 3.63) is 63.7 Å². The first kappa shape index (κ1) is 19.5. The third kappa shape index (κ3) is 3.76. The van der Waals surface area contributed by atoms with E-state index in [1.54, 1.807) is 12.1 Å². The Balaban J connectivity index is 2.01. The van der Waals surface area contributed by atoms with Crippen LogP contribution < -0.4 is 19.7 Å². The number of hydrogen-bond donors (Lipinski definition) is 1. The van der Waals surface area contributed by atoms with Crippen LogP contribution in [0.5, 0.6) is 11.5 Å². The molecule has 2 aromatic rings. The number of urea groups is 1. The molecule has 1 heterocycles. The molecule has 1 saturated heterocycles. The summed E-state index contributed by atoms with van der Waals surface area (Å²) < 4.78 is 9.97. The van der Waals surface area contributed by atoms with Gasteiger partial charge in [-0.15, -0.1) is 0 Å². The molecule has 1 aliphatic heterocycles. The monoisotopic (exact) mass is 397 g/mol. The molecule has 0 aliphatic carbocycles. The Kier molecular flexibility index (Phi) is 5.26. The second-order valence-corrected chi connectivity index (χ2v) is 5.84. The quantitative estimate of drug-likeness (QED) is 0.355. The minimum atomic E-state index is -0.900. The number of carbonyl (C=O) groups is 3. The normalized spacial score (nSPS) is 15.3. The Morgan fingerprint density at radius 2 is 1.72 bits per heavy atom. The molecule has 3 rings (SSSR count). The maximum absolute atomic E-state index is 12.8. The summed E-state index contributed by atoms with van der Waals surface area (Å²) in [4.78, 5) is 48.6. The number of nitrogens with one attached hydrogen (secondary N) is 1. The Labute approximate surface area is 164 Å². The van der Waals surface area contributed by atoms with Gasteiger partial charge in [-0.25, -0.2) is 9.69 Å². The first-order chi connectivity index (χ1) is 13.8. The molecule has 0 unspecified atom stereocenters. The number of nitro benzene ring substituents is 1. The predicted molar refractivity (Wildman–Crippen MR) is 102 cm³/mol. The predicted octanol–water partition coefficient (Wildman–Crippen LogP) is 2.28. The van der Waals surface area contributed by atoms with Gasteiger partial charge in [0.25, 0.3) is 11.8 Å². The molecule has 0 spiro atoms. The summed E-state index contributed by atoms with van der Waals surface area (Å²) in [7, 11) is 2.76. The van der Waals surface area contributed by atoms with Gasteiger partial charge >= 0.3 is 11.7 Å². The topological polar surface area (TPSA) is 128 Å². The van der Waals surface area contributed by atoms with Gasteiger partial charge in [-0.05, 0) is 42.0 Å². The first-order valence-electron chi connectivity index (χ1n) is 8.23.